The first kappa shape index (κ1) is 26.6. The predicted molar refractivity (Wildman–Crippen MR) is 121 cm³/mol. The third-order valence-electron chi connectivity index (χ3n) is 6.41. The van der Waals surface area contributed by atoms with Crippen LogP contribution in [0, 0.1) is 11.3 Å². The van der Waals surface area contributed by atoms with Crippen LogP contribution in [0.4, 0.5) is 13.2 Å². The summed E-state index contributed by atoms with van der Waals surface area (Å²) >= 11 is 0. The summed E-state index contributed by atoms with van der Waals surface area (Å²) in [5.41, 5.74) is -0.469. The number of halogens is 4. The molecule has 1 aromatic carbocycles. The summed E-state index contributed by atoms with van der Waals surface area (Å²) in [4.78, 5) is 14.1. The van der Waals surface area contributed by atoms with E-state index < -0.39 is 24.2 Å². The molecule has 1 aromatic heterocycles. The second kappa shape index (κ2) is 11.1. The highest BCUT2D eigenvalue weighted by Gasteiger charge is 2.42. The molecule has 1 N–H and O–H groups in total. The van der Waals surface area contributed by atoms with E-state index in [0.29, 0.717) is 39.2 Å². The molecular weight excluding hydrogens is 525 g/mol. The van der Waals surface area contributed by atoms with E-state index in [1.165, 1.54) is 12.1 Å². The van der Waals surface area contributed by atoms with Crippen LogP contribution in [0.25, 0.3) is 11.0 Å². The Morgan fingerprint density at radius 2 is 1.91 bits per heavy atom. The monoisotopic (exact) mass is 552 g/mol. The average molecular weight is 553 g/mol. The average Bonchev–Trinajstić information content (AvgIpc) is 3.21. The van der Waals surface area contributed by atoms with Gasteiger partial charge in [0.05, 0.1) is 12.0 Å². The molecule has 0 amide bonds. The number of carbonyl (C=O) groups is 1. The Bertz CT molecular complexity index is 956. The maximum Gasteiger partial charge on any atom is 0.422 e. The number of nitrogens with zero attached hydrogens (tertiary/aromatic N) is 2. The first-order valence-corrected chi connectivity index (χ1v) is 11.0. The smallest absolute Gasteiger partial charge is 0.422 e. The molecular formula is C22H28BrF3N2O6. The lowest BCUT2D eigenvalue weighted by atomic mass is 9.79. The van der Waals surface area contributed by atoms with Crippen molar-refractivity contribution in [3.63, 3.8) is 0 Å². The number of rotatable bonds is 8. The van der Waals surface area contributed by atoms with Gasteiger partial charge in [0.1, 0.15) is 11.1 Å². The van der Waals surface area contributed by atoms with Gasteiger partial charge in [0.25, 0.3) is 5.88 Å². The van der Waals surface area contributed by atoms with E-state index in [0.717, 1.165) is 25.9 Å². The number of piperidine rings is 1. The zero-order valence-corrected chi connectivity index (χ0v) is 20.2. The summed E-state index contributed by atoms with van der Waals surface area (Å²) in [6.45, 7) is 1.87. The molecule has 34 heavy (non-hydrogen) atoms. The fraction of sp³-hybridized carbons (Fsp3) is 0.636. The lowest BCUT2D eigenvalue weighted by Crippen LogP contribution is -2.49. The fourth-order valence-corrected chi connectivity index (χ4v) is 4.45. The van der Waals surface area contributed by atoms with Gasteiger partial charge in [-0.15, -0.1) is 17.0 Å². The van der Waals surface area contributed by atoms with Crippen LogP contribution in [-0.4, -0.2) is 73.4 Å². The van der Waals surface area contributed by atoms with Gasteiger partial charge in [-0.1, -0.05) is 6.07 Å². The third-order valence-corrected chi connectivity index (χ3v) is 6.41. The molecule has 12 heteroatoms. The van der Waals surface area contributed by atoms with E-state index in [1.54, 1.807) is 6.07 Å². The molecule has 3 heterocycles. The molecule has 8 nitrogen and oxygen atoms in total. The molecule has 0 unspecified atom stereocenters. The molecule has 0 radical (unpaired) electrons. The Morgan fingerprint density at radius 1 is 1.21 bits per heavy atom. The number of carboxylic acids is 1. The van der Waals surface area contributed by atoms with Crippen LogP contribution in [0.1, 0.15) is 25.7 Å². The number of benzene rings is 1. The van der Waals surface area contributed by atoms with Gasteiger partial charge in [0, 0.05) is 19.8 Å². The minimum atomic E-state index is -4.46. The summed E-state index contributed by atoms with van der Waals surface area (Å²) in [5, 5.41) is 13.9. The van der Waals surface area contributed by atoms with E-state index in [4.69, 9.17) is 18.7 Å². The van der Waals surface area contributed by atoms with Crippen LogP contribution in [0.3, 0.4) is 0 Å². The highest BCUT2D eigenvalue weighted by molar-refractivity contribution is 8.93. The first-order valence-electron chi connectivity index (χ1n) is 11.0. The number of aromatic nitrogens is 1. The molecule has 4 rings (SSSR count). The van der Waals surface area contributed by atoms with E-state index in [9.17, 15) is 23.1 Å². The van der Waals surface area contributed by atoms with Gasteiger partial charge in [-0.2, -0.15) is 13.2 Å². The van der Waals surface area contributed by atoms with Crippen LogP contribution < -0.4 is 9.47 Å². The summed E-state index contributed by atoms with van der Waals surface area (Å²) in [6.07, 6.45) is -1.79. The molecule has 2 aliphatic rings. The Hall–Kier alpha value is -2.05. The summed E-state index contributed by atoms with van der Waals surface area (Å²) < 4.78 is 59.0. The molecule has 0 spiro atoms. The minimum absolute atomic E-state index is 0. The molecule has 0 atom stereocenters. The Morgan fingerprint density at radius 3 is 2.56 bits per heavy atom. The van der Waals surface area contributed by atoms with Crippen molar-refractivity contribution < 1.29 is 41.8 Å². The minimum Gasteiger partial charge on any atom is -0.483 e. The molecule has 0 aliphatic carbocycles. The molecule has 190 valence electrons. The van der Waals surface area contributed by atoms with E-state index >= 15 is 0 Å². The number of likely N-dealkylation sites (tertiary alicyclic amines) is 1. The second-order valence-electron chi connectivity index (χ2n) is 8.75. The highest BCUT2D eigenvalue weighted by Crippen LogP contribution is 2.36. The Balaban J connectivity index is 0.00000324. The molecule has 0 bridgehead atoms. The van der Waals surface area contributed by atoms with Crippen LogP contribution in [-0.2, 0) is 9.53 Å². The lowest BCUT2D eigenvalue weighted by molar-refractivity contribution is -0.157. The van der Waals surface area contributed by atoms with E-state index in [1.807, 2.05) is 0 Å². The number of hydrogen-bond acceptors (Lipinski definition) is 7. The Kier molecular flexibility index (Phi) is 8.69. The predicted octanol–water partition coefficient (Wildman–Crippen LogP) is 4.32. The zero-order chi connectivity index (χ0) is 23.5. The molecule has 2 aromatic rings. The number of hydrogen-bond donors (Lipinski definition) is 1. The number of fused-ring (bicyclic) bond motifs is 1. The molecule has 2 saturated heterocycles. The SMILES string of the molecule is Br.O=C(O)C1(CN2CCC(COc3noc4cccc(OCC(F)(F)F)c34)CC2)CCOCC1. The normalized spacial score (nSPS) is 19.5. The van der Waals surface area contributed by atoms with Crippen LogP contribution in [0.15, 0.2) is 22.7 Å². The summed E-state index contributed by atoms with van der Waals surface area (Å²) in [6, 6.07) is 4.54. The van der Waals surface area contributed by atoms with E-state index in [-0.39, 0.29) is 45.5 Å². The molecule has 0 saturated carbocycles. The van der Waals surface area contributed by atoms with Gasteiger partial charge >= 0.3 is 12.1 Å². The lowest BCUT2D eigenvalue weighted by Gasteiger charge is -2.40. The maximum atomic E-state index is 12.6. The van der Waals surface area contributed by atoms with Crippen molar-refractivity contribution in [3.8, 4) is 11.6 Å². The standard InChI is InChI=1S/C22H27F3N2O6.BrH/c23-22(24,25)14-32-16-2-1-3-17-18(16)19(26-33-17)31-12-15-4-8-27(9-5-15)13-21(20(28)29)6-10-30-11-7-21;/h1-3,15H,4-14H2,(H,28,29);1H. The van der Waals surface area contributed by atoms with Gasteiger partial charge in [-0.05, 0) is 62.0 Å². The van der Waals surface area contributed by atoms with E-state index in [2.05, 4.69) is 10.1 Å². The van der Waals surface area contributed by atoms with Gasteiger partial charge in [-0.25, -0.2) is 0 Å². The number of aliphatic carboxylic acids is 1. The quantitative estimate of drug-likeness (QED) is 0.517. The van der Waals surface area contributed by atoms with Crippen molar-refractivity contribution in [2.24, 2.45) is 11.3 Å². The first-order chi connectivity index (χ1) is 15.8. The van der Waals surface area contributed by atoms with Crippen molar-refractivity contribution in [2.75, 3.05) is 46.1 Å². The maximum absolute atomic E-state index is 12.6. The van der Waals surface area contributed by atoms with Crippen molar-refractivity contribution in [1.82, 2.24) is 10.1 Å². The molecule has 2 aliphatic heterocycles. The van der Waals surface area contributed by atoms with Crippen molar-refractivity contribution in [1.29, 1.82) is 0 Å². The number of alkyl halides is 3. The number of carboxylic acid groups (broad SMARTS) is 1. The molecule has 2 fully saturated rings. The topological polar surface area (TPSA) is 94.3 Å². The zero-order valence-electron chi connectivity index (χ0n) is 18.5. The fourth-order valence-electron chi connectivity index (χ4n) is 4.45. The van der Waals surface area contributed by atoms with Crippen molar-refractivity contribution >= 4 is 33.9 Å². The van der Waals surface area contributed by atoms with Crippen molar-refractivity contribution in [2.45, 2.75) is 31.9 Å². The van der Waals surface area contributed by atoms with Crippen LogP contribution in [0.2, 0.25) is 0 Å². The summed E-state index contributed by atoms with van der Waals surface area (Å²) in [5.74, 6) is -0.437. The summed E-state index contributed by atoms with van der Waals surface area (Å²) in [7, 11) is 0. The third kappa shape index (κ3) is 6.33. The van der Waals surface area contributed by atoms with Crippen LogP contribution >= 0.6 is 17.0 Å². The Labute approximate surface area is 205 Å². The van der Waals surface area contributed by atoms with Gasteiger partial charge < -0.3 is 28.7 Å². The van der Waals surface area contributed by atoms with Gasteiger partial charge in [0.2, 0.25) is 0 Å². The second-order valence-corrected chi connectivity index (χ2v) is 8.75. The van der Waals surface area contributed by atoms with Crippen molar-refractivity contribution in [3.05, 3.63) is 18.2 Å². The number of ether oxygens (including phenoxy) is 3. The van der Waals surface area contributed by atoms with Gasteiger partial charge in [-0.3, -0.25) is 4.79 Å². The van der Waals surface area contributed by atoms with Gasteiger partial charge in [0.15, 0.2) is 12.2 Å². The largest absolute Gasteiger partial charge is 0.483 e. The highest BCUT2D eigenvalue weighted by atomic mass is 79.9. The van der Waals surface area contributed by atoms with Crippen LogP contribution in [0.5, 0.6) is 11.6 Å².